The summed E-state index contributed by atoms with van der Waals surface area (Å²) >= 11 is 0. The molecule has 0 aliphatic carbocycles. The molecule has 0 spiro atoms. The standard InChI is InChI=1S/C16H28N4/c1-4-6-11-18-16(17)19-12-13-20(5-2)15-10-8-7-9-14(15)3/h7-10H,4-6,11-13H2,1-3H3,(H3,17,18,19). The molecule has 0 aliphatic rings. The number of unbranched alkanes of at least 4 members (excludes halogenated alkanes) is 1. The zero-order valence-corrected chi connectivity index (χ0v) is 13.0. The molecule has 0 heterocycles. The highest BCUT2D eigenvalue weighted by Crippen LogP contribution is 2.18. The number of nitrogens with two attached hydrogens (primary N) is 1. The Bertz CT molecular complexity index is 415. The van der Waals surface area contributed by atoms with Gasteiger partial charge in [0.05, 0.1) is 0 Å². The van der Waals surface area contributed by atoms with E-state index in [2.05, 4.69) is 60.2 Å². The van der Waals surface area contributed by atoms with Crippen LogP contribution in [0.5, 0.6) is 0 Å². The molecule has 0 saturated carbocycles. The van der Waals surface area contributed by atoms with Gasteiger partial charge in [-0.25, -0.2) is 0 Å². The molecule has 112 valence electrons. The normalized spacial score (nSPS) is 11.4. The van der Waals surface area contributed by atoms with Gasteiger partial charge in [-0.15, -0.1) is 0 Å². The molecule has 4 nitrogen and oxygen atoms in total. The number of anilines is 1. The topological polar surface area (TPSA) is 53.6 Å². The minimum Gasteiger partial charge on any atom is -0.370 e. The van der Waals surface area contributed by atoms with Crippen LogP contribution in [-0.2, 0) is 0 Å². The lowest BCUT2D eigenvalue weighted by molar-refractivity contribution is 0.760. The van der Waals surface area contributed by atoms with Gasteiger partial charge in [0, 0.05) is 31.9 Å². The maximum Gasteiger partial charge on any atom is 0.188 e. The minimum atomic E-state index is 0.555. The number of para-hydroxylation sites is 1. The van der Waals surface area contributed by atoms with E-state index in [1.165, 1.54) is 11.3 Å². The molecule has 3 N–H and O–H groups in total. The molecule has 0 aromatic heterocycles. The van der Waals surface area contributed by atoms with Crippen LogP contribution in [0.3, 0.4) is 0 Å². The molecule has 4 heteroatoms. The van der Waals surface area contributed by atoms with Crippen molar-refractivity contribution < 1.29 is 0 Å². The number of nitrogens with zero attached hydrogens (tertiary/aromatic N) is 2. The van der Waals surface area contributed by atoms with Crippen LogP contribution in [0.15, 0.2) is 29.3 Å². The number of hydrogen-bond donors (Lipinski definition) is 2. The van der Waals surface area contributed by atoms with E-state index in [1.54, 1.807) is 0 Å². The molecule has 0 bridgehead atoms. The smallest absolute Gasteiger partial charge is 0.188 e. The summed E-state index contributed by atoms with van der Waals surface area (Å²) in [6.45, 7) is 10.00. The van der Waals surface area contributed by atoms with Gasteiger partial charge < -0.3 is 16.0 Å². The lowest BCUT2D eigenvalue weighted by Gasteiger charge is -2.25. The summed E-state index contributed by atoms with van der Waals surface area (Å²) in [5.74, 6) is 0.555. The van der Waals surface area contributed by atoms with Crippen LogP contribution in [-0.4, -0.2) is 32.1 Å². The van der Waals surface area contributed by atoms with E-state index in [4.69, 9.17) is 5.73 Å². The van der Waals surface area contributed by atoms with Crippen LogP contribution >= 0.6 is 0 Å². The molecule has 1 aromatic rings. The van der Waals surface area contributed by atoms with Crippen LogP contribution in [0.1, 0.15) is 32.3 Å². The minimum absolute atomic E-state index is 0.555. The number of aryl methyl sites for hydroxylation is 1. The van der Waals surface area contributed by atoms with Gasteiger partial charge >= 0.3 is 0 Å². The van der Waals surface area contributed by atoms with Gasteiger partial charge in [0.1, 0.15) is 0 Å². The maximum atomic E-state index is 5.83. The van der Waals surface area contributed by atoms with Crippen LogP contribution in [0.2, 0.25) is 0 Å². The molecule has 0 atom stereocenters. The van der Waals surface area contributed by atoms with E-state index in [0.29, 0.717) is 5.96 Å². The largest absolute Gasteiger partial charge is 0.370 e. The summed E-state index contributed by atoms with van der Waals surface area (Å²) in [5.41, 5.74) is 8.43. The van der Waals surface area contributed by atoms with Crippen molar-refractivity contribution in [2.24, 2.45) is 10.7 Å². The highest BCUT2D eigenvalue weighted by Gasteiger charge is 2.06. The third-order valence-electron chi connectivity index (χ3n) is 3.32. The molecule has 20 heavy (non-hydrogen) atoms. The predicted molar refractivity (Wildman–Crippen MR) is 88.5 cm³/mol. The van der Waals surface area contributed by atoms with Gasteiger partial charge in [-0.1, -0.05) is 31.5 Å². The van der Waals surface area contributed by atoms with Crippen LogP contribution in [0.25, 0.3) is 0 Å². The zero-order chi connectivity index (χ0) is 14.8. The Balaban J connectivity index is 2.43. The quantitative estimate of drug-likeness (QED) is 0.436. The summed E-state index contributed by atoms with van der Waals surface area (Å²) in [6, 6.07) is 8.46. The molecule has 0 amide bonds. The summed E-state index contributed by atoms with van der Waals surface area (Å²) in [7, 11) is 0. The number of nitrogens with one attached hydrogen (secondary N) is 1. The predicted octanol–water partition coefficient (Wildman–Crippen LogP) is 2.53. The molecule has 1 aromatic carbocycles. The summed E-state index contributed by atoms with van der Waals surface area (Å²) in [5, 5.41) is 3.18. The van der Waals surface area contributed by atoms with E-state index < -0.39 is 0 Å². The second-order valence-electron chi connectivity index (χ2n) is 4.91. The Hall–Kier alpha value is -1.71. The van der Waals surface area contributed by atoms with Gasteiger partial charge in [-0.05, 0) is 31.9 Å². The van der Waals surface area contributed by atoms with E-state index >= 15 is 0 Å². The number of hydrogen-bond acceptors (Lipinski definition) is 2. The Morgan fingerprint density at radius 1 is 1.30 bits per heavy atom. The molecule has 0 fully saturated rings. The number of rotatable bonds is 8. The third kappa shape index (κ3) is 5.51. The zero-order valence-electron chi connectivity index (χ0n) is 13.0. The molecule has 0 saturated heterocycles. The van der Waals surface area contributed by atoms with E-state index in [9.17, 15) is 0 Å². The Morgan fingerprint density at radius 2 is 2.05 bits per heavy atom. The number of guanidine groups is 1. The van der Waals surface area contributed by atoms with Crippen LogP contribution in [0.4, 0.5) is 5.69 Å². The fourth-order valence-corrected chi connectivity index (χ4v) is 2.10. The number of aliphatic imine (C=N–C) groups is 1. The molecule has 1 rings (SSSR count). The van der Waals surface area contributed by atoms with Gasteiger partial charge in [0.15, 0.2) is 5.96 Å². The van der Waals surface area contributed by atoms with Gasteiger partial charge in [-0.3, -0.25) is 4.99 Å². The van der Waals surface area contributed by atoms with E-state index in [-0.39, 0.29) is 0 Å². The molecule has 0 radical (unpaired) electrons. The molecular weight excluding hydrogens is 248 g/mol. The summed E-state index contributed by atoms with van der Waals surface area (Å²) in [4.78, 5) is 6.64. The lowest BCUT2D eigenvalue weighted by atomic mass is 10.2. The first kappa shape index (κ1) is 16.3. The van der Waals surface area contributed by atoms with Crippen molar-refractivity contribution in [1.29, 1.82) is 0 Å². The van der Waals surface area contributed by atoms with E-state index in [1.807, 2.05) is 0 Å². The highest BCUT2D eigenvalue weighted by atomic mass is 15.2. The summed E-state index contributed by atoms with van der Waals surface area (Å²) < 4.78 is 0. The van der Waals surface area contributed by atoms with Crippen molar-refractivity contribution >= 4 is 11.6 Å². The van der Waals surface area contributed by atoms with Crippen LogP contribution < -0.4 is 16.0 Å². The maximum absolute atomic E-state index is 5.83. The Kier molecular flexibility index (Phi) is 7.55. The highest BCUT2D eigenvalue weighted by molar-refractivity contribution is 5.77. The van der Waals surface area contributed by atoms with Crippen molar-refractivity contribution in [2.45, 2.75) is 33.6 Å². The lowest BCUT2D eigenvalue weighted by Crippen LogP contribution is -2.39. The monoisotopic (exact) mass is 276 g/mol. The third-order valence-corrected chi connectivity index (χ3v) is 3.32. The first-order valence-corrected chi connectivity index (χ1v) is 7.53. The van der Waals surface area contributed by atoms with Gasteiger partial charge in [-0.2, -0.15) is 0 Å². The van der Waals surface area contributed by atoms with Crippen molar-refractivity contribution in [3.05, 3.63) is 29.8 Å². The SMILES string of the molecule is CCCCN=C(N)NCCN(CC)c1ccccc1C. The van der Waals surface area contributed by atoms with Gasteiger partial charge in [0.2, 0.25) is 0 Å². The first-order valence-electron chi connectivity index (χ1n) is 7.53. The molecule has 0 aliphatic heterocycles. The summed E-state index contributed by atoms with van der Waals surface area (Å²) in [6.07, 6.45) is 2.24. The van der Waals surface area contributed by atoms with Crippen LogP contribution in [0, 0.1) is 6.92 Å². The fourth-order valence-electron chi connectivity index (χ4n) is 2.10. The van der Waals surface area contributed by atoms with Gasteiger partial charge in [0.25, 0.3) is 0 Å². The number of benzene rings is 1. The van der Waals surface area contributed by atoms with Crippen molar-refractivity contribution in [1.82, 2.24) is 5.32 Å². The second-order valence-corrected chi connectivity index (χ2v) is 4.91. The van der Waals surface area contributed by atoms with Crippen molar-refractivity contribution in [3.63, 3.8) is 0 Å². The number of likely N-dealkylation sites (N-methyl/N-ethyl adjacent to an activating group) is 1. The molecule has 0 unspecified atom stereocenters. The molecular formula is C16H28N4. The second kappa shape index (κ2) is 9.23. The Labute approximate surface area is 123 Å². The first-order chi connectivity index (χ1) is 9.69. The average Bonchev–Trinajstić information content (AvgIpc) is 2.45. The van der Waals surface area contributed by atoms with Crippen molar-refractivity contribution in [3.8, 4) is 0 Å². The average molecular weight is 276 g/mol. The van der Waals surface area contributed by atoms with Crippen molar-refractivity contribution in [2.75, 3.05) is 31.1 Å². The Morgan fingerprint density at radius 3 is 2.70 bits per heavy atom. The fraction of sp³-hybridized carbons (Fsp3) is 0.562. The van der Waals surface area contributed by atoms with E-state index in [0.717, 1.165) is 39.0 Å².